The lowest BCUT2D eigenvalue weighted by molar-refractivity contribution is -0.139. The predicted molar refractivity (Wildman–Crippen MR) is 74.8 cm³/mol. The Morgan fingerprint density at radius 2 is 2.14 bits per heavy atom. The van der Waals surface area contributed by atoms with Crippen LogP contribution in [0.4, 0.5) is 0 Å². The van der Waals surface area contributed by atoms with Crippen LogP contribution in [0, 0.1) is 0 Å². The molecule has 0 aromatic carbocycles. The summed E-state index contributed by atoms with van der Waals surface area (Å²) in [5, 5.41) is 10.4. The average molecular weight is 333 g/mol. The third-order valence-corrected chi connectivity index (χ3v) is 6.09. The molecule has 0 aliphatic heterocycles. The molecule has 9 heteroatoms. The van der Waals surface area contributed by atoms with Gasteiger partial charge in [0.2, 0.25) is 10.0 Å². The molecule has 1 heterocycles. The van der Waals surface area contributed by atoms with Crippen molar-refractivity contribution < 1.29 is 27.9 Å². The number of sulfonamides is 1. The summed E-state index contributed by atoms with van der Waals surface area (Å²) in [6, 6.07) is 1.31. The first-order chi connectivity index (χ1) is 9.80. The van der Waals surface area contributed by atoms with Crippen molar-refractivity contribution in [2.24, 2.45) is 0 Å². The lowest BCUT2D eigenvalue weighted by Crippen LogP contribution is -2.54. The van der Waals surface area contributed by atoms with Crippen LogP contribution in [-0.4, -0.2) is 38.1 Å². The Balaban J connectivity index is 2.29. The van der Waals surface area contributed by atoms with Crippen LogP contribution in [-0.2, 0) is 19.6 Å². The summed E-state index contributed by atoms with van der Waals surface area (Å²) in [5.74, 6) is -1.79. The van der Waals surface area contributed by atoms with Crippen LogP contribution in [0.5, 0.6) is 0 Å². The van der Waals surface area contributed by atoms with E-state index in [1.54, 1.807) is 0 Å². The highest BCUT2D eigenvalue weighted by Gasteiger charge is 2.43. The van der Waals surface area contributed by atoms with E-state index in [9.17, 15) is 18.0 Å². The fraction of sp³-hybridized carbons (Fsp3) is 0.500. The Labute approximate surface area is 126 Å². The summed E-state index contributed by atoms with van der Waals surface area (Å²) >= 11 is 0.965. The van der Waals surface area contributed by atoms with Crippen molar-refractivity contribution in [3.8, 4) is 0 Å². The number of nitrogens with one attached hydrogen (secondary N) is 1. The van der Waals surface area contributed by atoms with Crippen LogP contribution < -0.4 is 4.72 Å². The molecule has 21 heavy (non-hydrogen) atoms. The van der Waals surface area contributed by atoms with Gasteiger partial charge in [-0.2, -0.15) is 0 Å². The second kappa shape index (κ2) is 5.74. The normalized spacial score (nSPS) is 17.0. The van der Waals surface area contributed by atoms with Crippen LogP contribution in [0.2, 0.25) is 0 Å². The number of carboxylic acids is 1. The first-order valence-corrected chi connectivity index (χ1v) is 8.57. The van der Waals surface area contributed by atoms with Crippen molar-refractivity contribution in [1.82, 2.24) is 4.72 Å². The molecule has 0 saturated heterocycles. The number of carbonyl (C=O) groups is 2. The Morgan fingerprint density at radius 3 is 2.62 bits per heavy atom. The molecule has 7 nitrogen and oxygen atoms in total. The number of esters is 1. The van der Waals surface area contributed by atoms with E-state index in [4.69, 9.17) is 5.11 Å². The number of hydrogen-bond donors (Lipinski definition) is 2. The van der Waals surface area contributed by atoms with Crippen LogP contribution in [0.1, 0.15) is 35.4 Å². The highest BCUT2D eigenvalue weighted by molar-refractivity contribution is 7.89. The maximum atomic E-state index is 12.4. The average Bonchev–Trinajstić information content (AvgIpc) is 2.84. The highest BCUT2D eigenvalue weighted by atomic mass is 32.2. The minimum Gasteiger partial charge on any atom is -0.481 e. The van der Waals surface area contributed by atoms with Gasteiger partial charge in [0, 0.05) is 5.54 Å². The van der Waals surface area contributed by atoms with Crippen molar-refractivity contribution in [1.29, 1.82) is 0 Å². The molecule has 1 aliphatic rings. The SMILES string of the molecule is COC(=O)c1sccc1S(=O)(=O)NC1(CC(=O)O)CCC1. The molecule has 1 fully saturated rings. The van der Waals surface area contributed by atoms with E-state index in [1.165, 1.54) is 18.6 Å². The molecule has 1 aromatic heterocycles. The van der Waals surface area contributed by atoms with Gasteiger partial charge in [-0.25, -0.2) is 17.9 Å². The third kappa shape index (κ3) is 3.25. The van der Waals surface area contributed by atoms with Gasteiger partial charge in [-0.05, 0) is 30.7 Å². The van der Waals surface area contributed by atoms with Gasteiger partial charge >= 0.3 is 11.9 Å². The van der Waals surface area contributed by atoms with Gasteiger partial charge in [0.15, 0.2) is 0 Å². The van der Waals surface area contributed by atoms with Gasteiger partial charge in [-0.1, -0.05) is 0 Å². The van der Waals surface area contributed by atoms with Crippen molar-refractivity contribution in [2.45, 2.75) is 36.1 Å². The number of hydrogen-bond acceptors (Lipinski definition) is 6. The Morgan fingerprint density at radius 1 is 1.48 bits per heavy atom. The van der Waals surface area contributed by atoms with E-state index >= 15 is 0 Å². The Bertz CT molecular complexity index is 659. The molecular formula is C12H15NO6S2. The molecule has 0 unspecified atom stereocenters. The van der Waals surface area contributed by atoms with E-state index in [-0.39, 0.29) is 16.2 Å². The van der Waals surface area contributed by atoms with Gasteiger partial charge in [0.1, 0.15) is 9.77 Å². The fourth-order valence-electron chi connectivity index (χ4n) is 2.30. The molecule has 1 aromatic rings. The van der Waals surface area contributed by atoms with Gasteiger partial charge < -0.3 is 9.84 Å². The third-order valence-electron chi connectivity index (χ3n) is 3.44. The van der Waals surface area contributed by atoms with Crippen LogP contribution in [0.3, 0.4) is 0 Å². The number of methoxy groups -OCH3 is 1. The van der Waals surface area contributed by atoms with Crippen LogP contribution >= 0.6 is 11.3 Å². The zero-order valence-electron chi connectivity index (χ0n) is 11.3. The number of thiophene rings is 1. The van der Waals surface area contributed by atoms with Gasteiger partial charge in [0.25, 0.3) is 0 Å². The largest absolute Gasteiger partial charge is 0.481 e. The summed E-state index contributed by atoms with van der Waals surface area (Å²) in [4.78, 5) is 22.3. The number of aliphatic carboxylic acids is 1. The topological polar surface area (TPSA) is 110 Å². The quantitative estimate of drug-likeness (QED) is 0.757. The number of carboxylic acid groups (broad SMARTS) is 1. The smallest absolute Gasteiger partial charge is 0.349 e. The highest BCUT2D eigenvalue weighted by Crippen LogP contribution is 2.37. The molecular weight excluding hydrogens is 318 g/mol. The number of carbonyl (C=O) groups excluding carboxylic acids is 1. The minimum atomic E-state index is -3.97. The summed E-state index contributed by atoms with van der Waals surface area (Å²) in [6.45, 7) is 0. The van der Waals surface area contributed by atoms with Gasteiger partial charge in [0.05, 0.1) is 13.5 Å². The molecule has 2 N–H and O–H groups in total. The first kappa shape index (κ1) is 15.9. The number of ether oxygens (including phenoxy) is 1. The van der Waals surface area contributed by atoms with Crippen LogP contribution in [0.15, 0.2) is 16.3 Å². The van der Waals surface area contributed by atoms with Crippen molar-refractivity contribution >= 4 is 33.3 Å². The maximum absolute atomic E-state index is 12.4. The monoisotopic (exact) mass is 333 g/mol. The lowest BCUT2D eigenvalue weighted by Gasteiger charge is -2.40. The Kier molecular flexibility index (Phi) is 4.35. The molecule has 0 amide bonds. The van der Waals surface area contributed by atoms with Gasteiger partial charge in [-0.15, -0.1) is 11.3 Å². The summed E-state index contributed by atoms with van der Waals surface area (Å²) in [5.41, 5.74) is -0.958. The van der Waals surface area contributed by atoms with Crippen LogP contribution in [0.25, 0.3) is 0 Å². The molecule has 1 aliphatic carbocycles. The second-order valence-electron chi connectivity index (χ2n) is 4.92. The van der Waals surface area contributed by atoms with Crippen molar-refractivity contribution in [3.63, 3.8) is 0 Å². The zero-order chi connectivity index (χ0) is 15.7. The molecule has 2 rings (SSSR count). The first-order valence-electron chi connectivity index (χ1n) is 6.21. The number of rotatable bonds is 6. The fourth-order valence-corrected chi connectivity index (χ4v) is 5.09. The predicted octanol–water partition coefficient (Wildman–Crippen LogP) is 1.21. The Hall–Kier alpha value is -1.45. The van der Waals surface area contributed by atoms with E-state index in [1.807, 2.05) is 0 Å². The molecule has 0 spiro atoms. The molecule has 0 bridgehead atoms. The zero-order valence-corrected chi connectivity index (χ0v) is 12.9. The lowest BCUT2D eigenvalue weighted by atomic mass is 9.75. The minimum absolute atomic E-state index is 0.0187. The second-order valence-corrected chi connectivity index (χ2v) is 7.48. The molecule has 0 radical (unpaired) electrons. The van der Waals surface area contributed by atoms with E-state index < -0.39 is 27.5 Å². The maximum Gasteiger partial charge on any atom is 0.349 e. The molecule has 1 saturated carbocycles. The molecule has 0 atom stereocenters. The van der Waals surface area contributed by atoms with Crippen molar-refractivity contribution in [2.75, 3.05) is 7.11 Å². The molecule has 116 valence electrons. The van der Waals surface area contributed by atoms with Gasteiger partial charge in [-0.3, -0.25) is 4.79 Å². The van der Waals surface area contributed by atoms with E-state index in [2.05, 4.69) is 9.46 Å². The summed E-state index contributed by atoms with van der Waals surface area (Å²) in [7, 11) is -2.80. The van der Waals surface area contributed by atoms with E-state index in [0.29, 0.717) is 12.8 Å². The summed E-state index contributed by atoms with van der Waals surface area (Å²) in [6.07, 6.45) is 1.43. The van der Waals surface area contributed by atoms with E-state index in [0.717, 1.165) is 17.8 Å². The van der Waals surface area contributed by atoms with Crippen molar-refractivity contribution in [3.05, 3.63) is 16.3 Å². The standard InChI is InChI=1S/C12H15NO6S2/c1-19-11(16)10-8(3-6-20-10)21(17,18)13-12(4-2-5-12)7-9(14)15/h3,6,13H,2,4-5,7H2,1H3,(H,14,15). The summed E-state index contributed by atoms with van der Waals surface area (Å²) < 4.78 is 31.8.